The number of ether oxygens (including phenoxy) is 1. The number of carbonyl (C=O) groups is 4. The van der Waals surface area contributed by atoms with Crippen molar-refractivity contribution in [2.45, 2.75) is 0 Å². The van der Waals surface area contributed by atoms with Crippen LogP contribution in [0.5, 0.6) is 5.75 Å². The van der Waals surface area contributed by atoms with Gasteiger partial charge in [-0.15, -0.1) is 0 Å². The van der Waals surface area contributed by atoms with Crippen molar-refractivity contribution in [2.75, 3.05) is 18.5 Å². The Morgan fingerprint density at radius 2 is 1.90 bits per heavy atom. The molecule has 0 bridgehead atoms. The standard InChI is InChI=1S/C20H15BrN2O6S/c21-13-6-7-15(29-11-18(25)26)12(8-13)9-16-19(27)23(20(28)30-16)10-17(24)22-14-4-2-1-3-5-14/h1-9H,10-11H2,(H,22,24)(H,25,26)/b16-9-. The van der Waals surface area contributed by atoms with Crippen LogP contribution >= 0.6 is 27.7 Å². The predicted octanol–water partition coefficient (Wildman–Crippen LogP) is 3.59. The molecule has 1 heterocycles. The summed E-state index contributed by atoms with van der Waals surface area (Å²) in [5.41, 5.74) is 0.976. The average Bonchev–Trinajstić information content (AvgIpc) is 2.95. The molecule has 10 heteroatoms. The van der Waals surface area contributed by atoms with Crippen molar-refractivity contribution in [3.63, 3.8) is 0 Å². The van der Waals surface area contributed by atoms with E-state index in [4.69, 9.17) is 9.84 Å². The molecule has 0 saturated carbocycles. The zero-order valence-electron chi connectivity index (χ0n) is 15.3. The molecular formula is C20H15BrN2O6S. The number of amides is 3. The quantitative estimate of drug-likeness (QED) is 0.570. The molecule has 0 radical (unpaired) electrons. The Balaban J connectivity index is 1.75. The lowest BCUT2D eigenvalue weighted by Gasteiger charge is -2.12. The van der Waals surface area contributed by atoms with Gasteiger partial charge >= 0.3 is 5.97 Å². The number of rotatable bonds is 7. The first-order valence-corrected chi connectivity index (χ1v) is 10.2. The zero-order chi connectivity index (χ0) is 21.7. The third-order valence-corrected chi connectivity index (χ3v) is 5.24. The normalized spacial score (nSPS) is 14.8. The SMILES string of the molecule is O=C(O)COc1ccc(Br)cc1/C=C1\SC(=O)N(CC(=O)Nc2ccccc2)C1=O. The highest BCUT2D eigenvalue weighted by atomic mass is 79.9. The molecule has 3 rings (SSSR count). The average molecular weight is 491 g/mol. The maximum absolute atomic E-state index is 12.7. The Bertz CT molecular complexity index is 1040. The van der Waals surface area contributed by atoms with E-state index in [1.54, 1.807) is 48.5 Å². The number of anilines is 1. The number of para-hydroxylation sites is 1. The van der Waals surface area contributed by atoms with Crippen LogP contribution in [0.15, 0.2) is 57.9 Å². The van der Waals surface area contributed by atoms with Gasteiger partial charge in [0.1, 0.15) is 12.3 Å². The van der Waals surface area contributed by atoms with Gasteiger partial charge < -0.3 is 15.2 Å². The van der Waals surface area contributed by atoms with Gasteiger partial charge in [-0.1, -0.05) is 34.1 Å². The lowest BCUT2D eigenvalue weighted by Crippen LogP contribution is -2.36. The van der Waals surface area contributed by atoms with Crippen LogP contribution in [-0.2, 0) is 14.4 Å². The molecule has 2 aromatic carbocycles. The van der Waals surface area contributed by atoms with Crippen LogP contribution in [0.2, 0.25) is 0 Å². The van der Waals surface area contributed by atoms with Gasteiger partial charge in [0.2, 0.25) is 5.91 Å². The maximum Gasteiger partial charge on any atom is 0.341 e. The van der Waals surface area contributed by atoms with Crippen LogP contribution in [0, 0.1) is 0 Å². The number of benzene rings is 2. The minimum Gasteiger partial charge on any atom is -0.481 e. The molecule has 0 atom stereocenters. The summed E-state index contributed by atoms with van der Waals surface area (Å²) in [5, 5.41) is 10.9. The Kier molecular flexibility index (Phi) is 6.91. The molecule has 2 N–H and O–H groups in total. The van der Waals surface area contributed by atoms with Gasteiger partial charge in [0.15, 0.2) is 6.61 Å². The molecule has 0 aromatic heterocycles. The summed E-state index contributed by atoms with van der Waals surface area (Å²) >= 11 is 4.00. The van der Waals surface area contributed by atoms with Crippen molar-refractivity contribution in [1.82, 2.24) is 4.90 Å². The summed E-state index contributed by atoms with van der Waals surface area (Å²) in [6.45, 7) is -0.971. The van der Waals surface area contributed by atoms with E-state index in [2.05, 4.69) is 21.2 Å². The first-order valence-electron chi connectivity index (χ1n) is 8.58. The number of nitrogens with zero attached hydrogens (tertiary/aromatic N) is 1. The number of halogens is 1. The number of imide groups is 1. The highest BCUT2D eigenvalue weighted by Crippen LogP contribution is 2.34. The summed E-state index contributed by atoms with van der Waals surface area (Å²) in [6.07, 6.45) is 1.43. The third-order valence-electron chi connectivity index (χ3n) is 3.84. The van der Waals surface area contributed by atoms with Crippen LogP contribution in [0.25, 0.3) is 6.08 Å². The van der Waals surface area contributed by atoms with Crippen molar-refractivity contribution in [3.05, 3.63) is 63.5 Å². The molecule has 8 nitrogen and oxygen atoms in total. The van der Waals surface area contributed by atoms with Crippen LogP contribution in [-0.4, -0.2) is 46.2 Å². The van der Waals surface area contributed by atoms with Gasteiger partial charge in [0.05, 0.1) is 4.91 Å². The van der Waals surface area contributed by atoms with Crippen molar-refractivity contribution in [3.8, 4) is 5.75 Å². The molecule has 1 aliphatic heterocycles. The van der Waals surface area contributed by atoms with Crippen molar-refractivity contribution >= 4 is 62.5 Å². The fraction of sp³-hybridized carbons (Fsp3) is 0.100. The number of hydrogen-bond donors (Lipinski definition) is 2. The topological polar surface area (TPSA) is 113 Å². The minimum absolute atomic E-state index is 0.103. The van der Waals surface area contributed by atoms with E-state index >= 15 is 0 Å². The fourth-order valence-electron chi connectivity index (χ4n) is 2.55. The summed E-state index contributed by atoms with van der Waals surface area (Å²) < 4.78 is 5.91. The molecule has 0 spiro atoms. The molecule has 154 valence electrons. The van der Waals surface area contributed by atoms with E-state index in [0.717, 1.165) is 4.90 Å². The van der Waals surface area contributed by atoms with Gasteiger partial charge in [0, 0.05) is 15.7 Å². The van der Waals surface area contributed by atoms with Crippen molar-refractivity contribution in [1.29, 1.82) is 0 Å². The smallest absolute Gasteiger partial charge is 0.341 e. The molecule has 1 fully saturated rings. The van der Waals surface area contributed by atoms with Gasteiger partial charge in [-0.2, -0.15) is 0 Å². The van der Waals surface area contributed by atoms with Crippen molar-refractivity contribution < 1.29 is 29.0 Å². The van der Waals surface area contributed by atoms with E-state index in [0.29, 0.717) is 27.5 Å². The predicted molar refractivity (Wildman–Crippen MR) is 115 cm³/mol. The number of hydrogen-bond acceptors (Lipinski definition) is 6. The fourth-order valence-corrected chi connectivity index (χ4v) is 3.75. The van der Waals surface area contributed by atoms with Crippen LogP contribution in [0.3, 0.4) is 0 Å². The van der Waals surface area contributed by atoms with Crippen LogP contribution in [0.1, 0.15) is 5.56 Å². The summed E-state index contributed by atoms with van der Waals surface area (Å²) in [4.78, 5) is 48.9. The number of carbonyl (C=O) groups excluding carboxylic acids is 3. The second-order valence-electron chi connectivity index (χ2n) is 6.05. The Labute approximate surface area is 184 Å². The number of thioether (sulfide) groups is 1. The summed E-state index contributed by atoms with van der Waals surface area (Å²) in [5.74, 6) is -2.02. The highest BCUT2D eigenvalue weighted by molar-refractivity contribution is 9.10. The zero-order valence-corrected chi connectivity index (χ0v) is 17.7. The summed E-state index contributed by atoms with van der Waals surface area (Å²) in [7, 11) is 0. The van der Waals surface area contributed by atoms with E-state index in [1.165, 1.54) is 6.08 Å². The maximum atomic E-state index is 12.7. The van der Waals surface area contributed by atoms with Gasteiger partial charge in [-0.05, 0) is 48.2 Å². The summed E-state index contributed by atoms with van der Waals surface area (Å²) in [6, 6.07) is 13.5. The molecule has 0 unspecified atom stereocenters. The third kappa shape index (κ3) is 5.49. The molecule has 30 heavy (non-hydrogen) atoms. The first-order chi connectivity index (χ1) is 14.3. The molecular weight excluding hydrogens is 476 g/mol. The Morgan fingerprint density at radius 1 is 1.17 bits per heavy atom. The second-order valence-corrected chi connectivity index (χ2v) is 7.96. The van der Waals surface area contributed by atoms with E-state index in [-0.39, 0.29) is 10.7 Å². The van der Waals surface area contributed by atoms with Gasteiger partial charge in [-0.3, -0.25) is 19.3 Å². The lowest BCUT2D eigenvalue weighted by molar-refractivity contribution is -0.139. The van der Waals surface area contributed by atoms with E-state index < -0.39 is 36.2 Å². The van der Waals surface area contributed by atoms with Crippen molar-refractivity contribution in [2.24, 2.45) is 0 Å². The molecule has 2 aromatic rings. The van der Waals surface area contributed by atoms with Gasteiger partial charge in [-0.25, -0.2) is 4.79 Å². The van der Waals surface area contributed by atoms with Crippen LogP contribution < -0.4 is 10.1 Å². The molecule has 1 aliphatic rings. The largest absolute Gasteiger partial charge is 0.481 e. The first kappa shape index (κ1) is 21.6. The van der Waals surface area contributed by atoms with Gasteiger partial charge in [0.25, 0.3) is 11.1 Å². The van der Waals surface area contributed by atoms with E-state index in [1.807, 2.05) is 0 Å². The molecule has 0 aliphatic carbocycles. The Morgan fingerprint density at radius 3 is 2.60 bits per heavy atom. The molecule has 1 saturated heterocycles. The monoisotopic (exact) mass is 490 g/mol. The number of nitrogens with one attached hydrogen (secondary N) is 1. The van der Waals surface area contributed by atoms with E-state index in [9.17, 15) is 19.2 Å². The molecule has 3 amide bonds. The number of carboxylic acids is 1. The highest BCUT2D eigenvalue weighted by Gasteiger charge is 2.36. The minimum atomic E-state index is -1.14. The number of aliphatic carboxylic acids is 1. The van der Waals surface area contributed by atoms with Crippen LogP contribution in [0.4, 0.5) is 10.5 Å². The number of carboxylic acid groups (broad SMARTS) is 1. The Hall–Kier alpha value is -3.11. The lowest BCUT2D eigenvalue weighted by atomic mass is 10.2. The second kappa shape index (κ2) is 9.59.